The summed E-state index contributed by atoms with van der Waals surface area (Å²) in [6.45, 7) is 8.40. The van der Waals surface area contributed by atoms with Crippen LogP contribution < -0.4 is 5.32 Å². The molecule has 1 aliphatic carbocycles. The van der Waals surface area contributed by atoms with E-state index in [0.717, 1.165) is 18.6 Å². The van der Waals surface area contributed by atoms with E-state index in [0.29, 0.717) is 0 Å². The van der Waals surface area contributed by atoms with E-state index in [1.54, 1.807) is 0 Å². The van der Waals surface area contributed by atoms with Gasteiger partial charge in [-0.15, -0.1) is 0 Å². The van der Waals surface area contributed by atoms with Crippen LogP contribution in [0.1, 0.15) is 26.2 Å². The van der Waals surface area contributed by atoms with Crippen LogP contribution in [0.15, 0.2) is 0 Å². The summed E-state index contributed by atoms with van der Waals surface area (Å²) < 4.78 is 0. The predicted molar refractivity (Wildman–Crippen MR) is 64.2 cm³/mol. The molecule has 0 aromatic rings. The van der Waals surface area contributed by atoms with E-state index in [9.17, 15) is 0 Å². The van der Waals surface area contributed by atoms with Crippen molar-refractivity contribution in [1.82, 2.24) is 15.1 Å². The van der Waals surface area contributed by atoms with Gasteiger partial charge in [0.25, 0.3) is 0 Å². The topological polar surface area (TPSA) is 18.5 Å². The van der Waals surface area contributed by atoms with Crippen LogP contribution in [0.3, 0.4) is 0 Å². The summed E-state index contributed by atoms with van der Waals surface area (Å²) in [5, 5.41) is 3.59. The van der Waals surface area contributed by atoms with E-state index < -0.39 is 0 Å². The Hall–Kier alpha value is -0.120. The molecule has 0 bridgehead atoms. The Morgan fingerprint density at radius 3 is 2.53 bits per heavy atom. The van der Waals surface area contributed by atoms with Crippen LogP contribution in [0.5, 0.6) is 0 Å². The summed E-state index contributed by atoms with van der Waals surface area (Å²) in [5.41, 5.74) is 0. The predicted octanol–water partition coefficient (Wildman–Crippen LogP) is 0.764. The summed E-state index contributed by atoms with van der Waals surface area (Å²) >= 11 is 0. The van der Waals surface area contributed by atoms with Crippen molar-refractivity contribution < 1.29 is 0 Å². The highest BCUT2D eigenvalue weighted by Gasteiger charge is 2.29. The Labute approximate surface area is 93.8 Å². The molecular weight excluding hydrogens is 186 g/mol. The van der Waals surface area contributed by atoms with Crippen LogP contribution in [-0.4, -0.2) is 61.7 Å². The lowest BCUT2D eigenvalue weighted by molar-refractivity contribution is 0.112. The largest absolute Gasteiger partial charge is 0.314 e. The highest BCUT2D eigenvalue weighted by molar-refractivity contribution is 4.88. The maximum atomic E-state index is 3.59. The molecule has 2 fully saturated rings. The Kier molecular flexibility index (Phi) is 4.00. The van der Waals surface area contributed by atoms with Gasteiger partial charge in [-0.2, -0.15) is 0 Å². The molecule has 15 heavy (non-hydrogen) atoms. The number of piperazine rings is 1. The van der Waals surface area contributed by atoms with Gasteiger partial charge in [0.15, 0.2) is 0 Å². The minimum absolute atomic E-state index is 0.791. The second-order valence-corrected chi connectivity index (χ2v) is 5.06. The van der Waals surface area contributed by atoms with E-state index in [4.69, 9.17) is 0 Å². The summed E-state index contributed by atoms with van der Waals surface area (Å²) in [5.74, 6) is 0. The van der Waals surface area contributed by atoms with Crippen molar-refractivity contribution in [2.24, 2.45) is 0 Å². The first-order chi connectivity index (χ1) is 7.29. The van der Waals surface area contributed by atoms with Crippen LogP contribution in [0.25, 0.3) is 0 Å². The number of nitrogens with one attached hydrogen (secondary N) is 1. The third-order valence-corrected chi connectivity index (χ3v) is 3.95. The second kappa shape index (κ2) is 5.28. The van der Waals surface area contributed by atoms with Crippen molar-refractivity contribution >= 4 is 0 Å². The quantitative estimate of drug-likeness (QED) is 0.744. The summed E-state index contributed by atoms with van der Waals surface area (Å²) in [7, 11) is 2.23. The molecule has 0 amide bonds. The first-order valence-corrected chi connectivity index (χ1v) is 6.45. The van der Waals surface area contributed by atoms with Gasteiger partial charge in [-0.05, 0) is 32.9 Å². The zero-order valence-corrected chi connectivity index (χ0v) is 10.2. The summed E-state index contributed by atoms with van der Waals surface area (Å²) in [6, 6.07) is 1.66. The van der Waals surface area contributed by atoms with Crippen molar-refractivity contribution in [3.8, 4) is 0 Å². The number of rotatable bonds is 3. The zero-order valence-electron chi connectivity index (χ0n) is 10.2. The monoisotopic (exact) mass is 211 g/mol. The van der Waals surface area contributed by atoms with Crippen molar-refractivity contribution in [3.05, 3.63) is 0 Å². The number of nitrogens with zero attached hydrogens (tertiary/aromatic N) is 2. The van der Waals surface area contributed by atoms with Gasteiger partial charge >= 0.3 is 0 Å². The minimum atomic E-state index is 0.791. The van der Waals surface area contributed by atoms with Gasteiger partial charge in [-0.1, -0.05) is 6.92 Å². The normalized spacial score (nSPS) is 34.8. The van der Waals surface area contributed by atoms with E-state index in [-0.39, 0.29) is 0 Å². The molecule has 2 aliphatic rings. The molecule has 1 N–H and O–H groups in total. The van der Waals surface area contributed by atoms with Crippen LogP contribution >= 0.6 is 0 Å². The molecule has 2 unspecified atom stereocenters. The van der Waals surface area contributed by atoms with Crippen LogP contribution in [0, 0.1) is 0 Å². The average molecular weight is 211 g/mol. The van der Waals surface area contributed by atoms with Crippen LogP contribution in [-0.2, 0) is 0 Å². The molecule has 0 spiro atoms. The van der Waals surface area contributed by atoms with Crippen molar-refractivity contribution in [2.75, 3.05) is 39.8 Å². The molecule has 0 aromatic carbocycles. The Balaban J connectivity index is 1.75. The first-order valence-electron chi connectivity index (χ1n) is 6.45. The van der Waals surface area contributed by atoms with Crippen molar-refractivity contribution in [2.45, 2.75) is 38.3 Å². The highest BCUT2D eigenvalue weighted by Crippen LogP contribution is 2.24. The molecule has 1 saturated heterocycles. The van der Waals surface area contributed by atoms with Gasteiger partial charge in [-0.3, -0.25) is 4.90 Å². The Bertz CT molecular complexity index is 187. The molecular formula is C12H25N3. The van der Waals surface area contributed by atoms with E-state index in [1.807, 2.05) is 0 Å². The van der Waals surface area contributed by atoms with Gasteiger partial charge in [-0.25, -0.2) is 0 Å². The fourth-order valence-corrected chi connectivity index (χ4v) is 2.95. The zero-order chi connectivity index (χ0) is 10.7. The average Bonchev–Trinajstić information content (AvgIpc) is 2.68. The molecule has 0 aromatic heterocycles. The van der Waals surface area contributed by atoms with E-state index in [2.05, 4.69) is 29.1 Å². The SMILES string of the molecule is CCNC1CCC(N2CCN(C)CC2)C1. The molecule has 88 valence electrons. The lowest BCUT2D eigenvalue weighted by atomic mass is 10.1. The Morgan fingerprint density at radius 1 is 1.13 bits per heavy atom. The van der Waals surface area contributed by atoms with Gasteiger partial charge < -0.3 is 10.2 Å². The summed E-state index contributed by atoms with van der Waals surface area (Å²) in [4.78, 5) is 5.14. The third kappa shape index (κ3) is 2.92. The molecule has 2 atom stereocenters. The molecule has 3 nitrogen and oxygen atoms in total. The number of hydrogen-bond donors (Lipinski definition) is 1. The first kappa shape index (κ1) is 11.4. The summed E-state index contributed by atoms with van der Waals surface area (Å²) in [6.07, 6.45) is 4.16. The van der Waals surface area contributed by atoms with Crippen LogP contribution in [0.2, 0.25) is 0 Å². The lowest BCUT2D eigenvalue weighted by Gasteiger charge is -2.36. The molecule has 0 radical (unpaired) electrons. The second-order valence-electron chi connectivity index (χ2n) is 5.06. The van der Waals surface area contributed by atoms with E-state index in [1.165, 1.54) is 45.4 Å². The van der Waals surface area contributed by atoms with Gasteiger partial charge in [0.05, 0.1) is 0 Å². The number of likely N-dealkylation sites (N-methyl/N-ethyl adjacent to an activating group) is 1. The standard InChI is InChI=1S/C12H25N3/c1-3-13-11-4-5-12(10-11)15-8-6-14(2)7-9-15/h11-13H,3-10H2,1-2H3. The Morgan fingerprint density at radius 2 is 1.87 bits per heavy atom. The van der Waals surface area contributed by atoms with Crippen molar-refractivity contribution in [3.63, 3.8) is 0 Å². The van der Waals surface area contributed by atoms with Gasteiger partial charge in [0.2, 0.25) is 0 Å². The van der Waals surface area contributed by atoms with Crippen molar-refractivity contribution in [1.29, 1.82) is 0 Å². The fraction of sp³-hybridized carbons (Fsp3) is 1.00. The number of hydrogen-bond acceptors (Lipinski definition) is 3. The maximum absolute atomic E-state index is 3.59. The highest BCUT2D eigenvalue weighted by atomic mass is 15.3. The third-order valence-electron chi connectivity index (χ3n) is 3.95. The molecule has 1 saturated carbocycles. The lowest BCUT2D eigenvalue weighted by Crippen LogP contribution is -2.48. The van der Waals surface area contributed by atoms with E-state index >= 15 is 0 Å². The maximum Gasteiger partial charge on any atom is 0.0113 e. The molecule has 3 heteroatoms. The molecule has 2 rings (SSSR count). The molecule has 1 aliphatic heterocycles. The fourth-order valence-electron chi connectivity index (χ4n) is 2.95. The molecule has 1 heterocycles. The van der Waals surface area contributed by atoms with Gasteiger partial charge in [0.1, 0.15) is 0 Å². The smallest absolute Gasteiger partial charge is 0.0113 e. The minimum Gasteiger partial charge on any atom is -0.314 e. The van der Waals surface area contributed by atoms with Gasteiger partial charge in [0, 0.05) is 38.3 Å². The van der Waals surface area contributed by atoms with Crippen LogP contribution in [0.4, 0.5) is 0 Å².